The Balaban J connectivity index is 1.77. The molecule has 0 aromatic rings. The monoisotopic (exact) mass is 324 g/mol. The molecular weight excluding hydrogens is 296 g/mol. The fraction of sp³-hybridized carbons (Fsp3) is 0.882. The molecule has 0 spiro atoms. The van der Waals surface area contributed by atoms with Gasteiger partial charge in [-0.3, -0.25) is 4.79 Å². The molecule has 3 aliphatic rings. The number of carbonyl (C=O) groups excluding carboxylic acids is 2. The van der Waals surface area contributed by atoms with Crippen LogP contribution in [0.4, 0.5) is 4.79 Å². The van der Waals surface area contributed by atoms with Crippen molar-refractivity contribution in [3.63, 3.8) is 0 Å². The van der Waals surface area contributed by atoms with Gasteiger partial charge in [-0.25, -0.2) is 4.79 Å². The molecule has 1 saturated carbocycles. The number of nitrogens with one attached hydrogen (secondary N) is 1. The van der Waals surface area contributed by atoms with Crippen LogP contribution in [0.25, 0.3) is 0 Å². The van der Waals surface area contributed by atoms with Crippen LogP contribution in [0.3, 0.4) is 0 Å². The van der Waals surface area contributed by atoms with Crippen LogP contribution in [0, 0.1) is 11.8 Å². The normalized spacial score (nSPS) is 32.4. The van der Waals surface area contributed by atoms with Crippen molar-refractivity contribution in [1.82, 2.24) is 10.2 Å². The van der Waals surface area contributed by atoms with Gasteiger partial charge in [0.25, 0.3) is 0 Å². The maximum atomic E-state index is 13.3. The Morgan fingerprint density at radius 2 is 1.96 bits per heavy atom. The van der Waals surface area contributed by atoms with Gasteiger partial charge >= 0.3 is 6.09 Å². The Kier molecular flexibility index (Phi) is 5.09. The third kappa shape index (κ3) is 3.32. The van der Waals surface area contributed by atoms with E-state index in [1.807, 2.05) is 0 Å². The van der Waals surface area contributed by atoms with E-state index in [-0.39, 0.29) is 17.9 Å². The predicted molar refractivity (Wildman–Crippen MR) is 84.9 cm³/mol. The zero-order chi connectivity index (χ0) is 16.4. The summed E-state index contributed by atoms with van der Waals surface area (Å²) in [4.78, 5) is 27.1. The highest BCUT2D eigenvalue weighted by Gasteiger charge is 2.47. The first kappa shape index (κ1) is 16.6. The van der Waals surface area contributed by atoms with E-state index in [0.717, 1.165) is 25.7 Å². The number of likely N-dealkylation sites (tertiary alicyclic amines) is 1. The Hall–Kier alpha value is -1.30. The first-order valence-corrected chi connectivity index (χ1v) is 8.86. The molecule has 2 aliphatic heterocycles. The van der Waals surface area contributed by atoms with Gasteiger partial charge in [-0.15, -0.1) is 0 Å². The highest BCUT2D eigenvalue weighted by Crippen LogP contribution is 2.41. The molecule has 2 heterocycles. The van der Waals surface area contributed by atoms with E-state index in [1.165, 1.54) is 20.0 Å². The zero-order valence-electron chi connectivity index (χ0n) is 14.1. The van der Waals surface area contributed by atoms with Crippen molar-refractivity contribution in [3.8, 4) is 0 Å². The molecule has 4 atom stereocenters. The van der Waals surface area contributed by atoms with Gasteiger partial charge in [0.15, 0.2) is 0 Å². The van der Waals surface area contributed by atoms with Crippen molar-refractivity contribution in [3.05, 3.63) is 0 Å². The van der Waals surface area contributed by atoms with Crippen molar-refractivity contribution < 1.29 is 19.1 Å². The number of rotatable bonds is 3. The van der Waals surface area contributed by atoms with Crippen molar-refractivity contribution in [1.29, 1.82) is 0 Å². The lowest BCUT2D eigenvalue weighted by Crippen LogP contribution is -2.55. The van der Waals surface area contributed by atoms with E-state index >= 15 is 0 Å². The van der Waals surface area contributed by atoms with Crippen LogP contribution >= 0.6 is 0 Å². The molecule has 0 aromatic carbocycles. The summed E-state index contributed by atoms with van der Waals surface area (Å²) in [5.74, 6) is 0.842. The van der Waals surface area contributed by atoms with Gasteiger partial charge in [0, 0.05) is 25.3 Å². The third-order valence-electron chi connectivity index (χ3n) is 5.81. The molecule has 2 saturated heterocycles. The molecule has 6 heteroatoms. The summed E-state index contributed by atoms with van der Waals surface area (Å²) in [6, 6.07) is 0.132. The summed E-state index contributed by atoms with van der Waals surface area (Å²) < 4.78 is 10.2. The molecular formula is C17H28N2O4. The van der Waals surface area contributed by atoms with E-state index in [0.29, 0.717) is 25.2 Å². The first-order valence-electron chi connectivity index (χ1n) is 8.86. The van der Waals surface area contributed by atoms with Gasteiger partial charge in [-0.05, 0) is 50.9 Å². The Morgan fingerprint density at radius 1 is 1.22 bits per heavy atom. The van der Waals surface area contributed by atoms with Gasteiger partial charge in [0.2, 0.25) is 5.91 Å². The summed E-state index contributed by atoms with van der Waals surface area (Å²) in [6.07, 6.45) is 5.70. The molecule has 0 aromatic heterocycles. The molecule has 6 nitrogen and oxygen atoms in total. The number of alkyl carbamates (subject to hydrolysis) is 1. The van der Waals surface area contributed by atoms with Gasteiger partial charge in [-0.2, -0.15) is 0 Å². The van der Waals surface area contributed by atoms with Gasteiger partial charge in [0.05, 0.1) is 7.11 Å². The maximum absolute atomic E-state index is 13.3. The average molecular weight is 324 g/mol. The quantitative estimate of drug-likeness (QED) is 0.861. The lowest BCUT2D eigenvalue weighted by Gasteiger charge is -2.36. The molecule has 1 N–H and O–H groups in total. The minimum absolute atomic E-state index is 0.0733. The molecule has 0 bridgehead atoms. The number of amides is 2. The van der Waals surface area contributed by atoms with E-state index in [1.54, 1.807) is 0 Å². The van der Waals surface area contributed by atoms with Gasteiger partial charge in [0.1, 0.15) is 6.04 Å². The summed E-state index contributed by atoms with van der Waals surface area (Å²) in [5, 5.41) is 2.81. The number of nitrogens with zero attached hydrogens (tertiary/aromatic N) is 1. The van der Waals surface area contributed by atoms with Gasteiger partial charge in [-0.1, -0.05) is 6.42 Å². The molecule has 1 aliphatic carbocycles. The second kappa shape index (κ2) is 7.07. The second-order valence-corrected chi connectivity index (χ2v) is 7.15. The van der Waals surface area contributed by atoms with E-state index in [2.05, 4.69) is 17.1 Å². The highest BCUT2D eigenvalue weighted by atomic mass is 16.5. The fourth-order valence-electron chi connectivity index (χ4n) is 4.69. The van der Waals surface area contributed by atoms with Crippen molar-refractivity contribution in [2.45, 2.75) is 63.6 Å². The molecule has 2 amide bonds. The number of methoxy groups -OCH3 is 1. The van der Waals surface area contributed by atoms with Crippen LogP contribution in [0.5, 0.6) is 0 Å². The molecule has 130 valence electrons. The lowest BCUT2D eigenvalue weighted by molar-refractivity contribution is -0.138. The average Bonchev–Trinajstić information content (AvgIpc) is 3.12. The molecule has 23 heavy (non-hydrogen) atoms. The van der Waals surface area contributed by atoms with E-state index < -0.39 is 12.1 Å². The Labute approximate surface area is 137 Å². The minimum Gasteiger partial charge on any atom is -0.453 e. The SMILES string of the molecule is COC(=O)N[C@H](C(=O)N1C(C)CC2CCCC21)C1CCOCC1. The number of ether oxygens (including phenoxy) is 2. The number of hydrogen-bond acceptors (Lipinski definition) is 4. The standard InChI is InChI=1S/C17H28N2O4/c1-11-10-13-4-3-5-14(13)19(11)16(20)15(18-17(21)22-2)12-6-8-23-9-7-12/h11-15H,3-10H2,1-2H3,(H,18,21)/t11?,13?,14?,15-/m0/s1. The van der Waals surface area contributed by atoms with Crippen LogP contribution < -0.4 is 5.32 Å². The van der Waals surface area contributed by atoms with Crippen LogP contribution in [-0.4, -0.2) is 55.3 Å². The largest absolute Gasteiger partial charge is 0.453 e. The highest BCUT2D eigenvalue weighted by molar-refractivity contribution is 5.86. The van der Waals surface area contributed by atoms with Crippen LogP contribution in [0.2, 0.25) is 0 Å². The Bertz CT molecular complexity index is 450. The van der Waals surface area contributed by atoms with Gasteiger partial charge < -0.3 is 19.7 Å². The summed E-state index contributed by atoms with van der Waals surface area (Å²) >= 11 is 0. The number of fused-ring (bicyclic) bond motifs is 1. The van der Waals surface area contributed by atoms with Crippen molar-refractivity contribution in [2.75, 3.05) is 20.3 Å². The first-order chi connectivity index (χ1) is 11.1. The molecule has 0 radical (unpaired) electrons. The maximum Gasteiger partial charge on any atom is 0.407 e. The number of carbonyl (C=O) groups is 2. The third-order valence-corrected chi connectivity index (χ3v) is 5.81. The summed E-state index contributed by atoms with van der Waals surface area (Å²) in [6.45, 7) is 3.44. The minimum atomic E-state index is -0.523. The second-order valence-electron chi connectivity index (χ2n) is 7.15. The Morgan fingerprint density at radius 3 is 2.65 bits per heavy atom. The van der Waals surface area contributed by atoms with E-state index in [9.17, 15) is 9.59 Å². The smallest absolute Gasteiger partial charge is 0.407 e. The molecule has 3 unspecified atom stereocenters. The number of hydrogen-bond donors (Lipinski definition) is 1. The van der Waals surface area contributed by atoms with Crippen LogP contribution in [0.1, 0.15) is 45.4 Å². The lowest BCUT2D eigenvalue weighted by atomic mass is 9.90. The summed E-state index contributed by atoms with van der Waals surface area (Å²) in [5.41, 5.74) is 0. The van der Waals surface area contributed by atoms with Crippen LogP contribution in [0.15, 0.2) is 0 Å². The molecule has 3 rings (SSSR count). The zero-order valence-corrected chi connectivity index (χ0v) is 14.1. The fourth-order valence-corrected chi connectivity index (χ4v) is 4.69. The predicted octanol–water partition coefficient (Wildman–Crippen LogP) is 1.93. The van der Waals surface area contributed by atoms with Crippen LogP contribution in [-0.2, 0) is 14.3 Å². The molecule has 3 fully saturated rings. The van der Waals surface area contributed by atoms with Crippen molar-refractivity contribution in [2.24, 2.45) is 11.8 Å². The van der Waals surface area contributed by atoms with E-state index in [4.69, 9.17) is 9.47 Å². The van der Waals surface area contributed by atoms with Crippen molar-refractivity contribution >= 4 is 12.0 Å². The summed E-state index contributed by atoms with van der Waals surface area (Å²) in [7, 11) is 1.34. The topological polar surface area (TPSA) is 67.9 Å².